The van der Waals surface area contributed by atoms with Crippen LogP contribution in [0.1, 0.15) is 16.1 Å². The first-order valence-corrected chi connectivity index (χ1v) is 10.7. The highest BCUT2D eigenvalue weighted by Crippen LogP contribution is 2.27. The second-order valence-electron chi connectivity index (χ2n) is 7.40. The average molecular weight is 473 g/mol. The summed E-state index contributed by atoms with van der Waals surface area (Å²) in [7, 11) is 1.44. The van der Waals surface area contributed by atoms with Crippen LogP contribution in [0.5, 0.6) is 0 Å². The number of rotatable bonds is 5. The molecule has 0 radical (unpaired) electrons. The summed E-state index contributed by atoms with van der Waals surface area (Å²) in [5, 5.41) is 10.9. The molecule has 1 aromatic heterocycles. The smallest absolute Gasteiger partial charge is 0.256 e. The Morgan fingerprint density at radius 1 is 1.12 bits per heavy atom. The molecular weight excluding hydrogens is 450 g/mol. The molecule has 0 aliphatic carbocycles. The van der Waals surface area contributed by atoms with Gasteiger partial charge in [-0.25, -0.2) is 13.5 Å². The zero-order chi connectivity index (χ0) is 23.4. The van der Waals surface area contributed by atoms with E-state index in [0.29, 0.717) is 37.4 Å². The van der Waals surface area contributed by atoms with Crippen molar-refractivity contribution in [2.75, 3.05) is 38.2 Å². The molecule has 8 nitrogen and oxygen atoms in total. The maximum atomic E-state index is 14.9. The third kappa shape index (κ3) is 5.08. The molecule has 3 aromatic rings. The summed E-state index contributed by atoms with van der Waals surface area (Å²) in [5.74, 6) is -1.50. The highest BCUT2D eigenvalue weighted by atomic mass is 32.1. The van der Waals surface area contributed by atoms with Gasteiger partial charge in [0, 0.05) is 43.9 Å². The van der Waals surface area contributed by atoms with Crippen molar-refractivity contribution < 1.29 is 18.3 Å². The van der Waals surface area contributed by atoms with Gasteiger partial charge in [0.25, 0.3) is 11.1 Å². The number of anilines is 1. The van der Waals surface area contributed by atoms with Crippen LogP contribution in [-0.4, -0.2) is 64.3 Å². The van der Waals surface area contributed by atoms with E-state index in [9.17, 15) is 13.6 Å². The van der Waals surface area contributed by atoms with Gasteiger partial charge in [-0.3, -0.25) is 4.79 Å². The zero-order valence-corrected chi connectivity index (χ0v) is 18.7. The molecule has 4 rings (SSSR count). The molecule has 1 aliphatic rings. The number of aromatic nitrogens is 3. The topological polar surface area (TPSA) is 75.5 Å². The fourth-order valence-electron chi connectivity index (χ4n) is 3.62. The number of methoxy groups -OCH3 is 1. The molecule has 2 aromatic carbocycles. The molecule has 1 saturated heterocycles. The number of benzene rings is 2. The lowest BCUT2D eigenvalue weighted by Crippen LogP contribution is -2.49. The van der Waals surface area contributed by atoms with Crippen LogP contribution in [-0.2, 0) is 11.3 Å². The number of carbonyl (C=O) groups excluding carboxylic acids is 1. The molecule has 172 valence electrons. The molecule has 1 amide bonds. The van der Waals surface area contributed by atoms with E-state index in [1.54, 1.807) is 40.3 Å². The van der Waals surface area contributed by atoms with Crippen LogP contribution >= 0.6 is 12.2 Å². The number of halogens is 2. The number of nitrogens with one attached hydrogen (secondary N) is 1. The van der Waals surface area contributed by atoms with Gasteiger partial charge in [-0.15, -0.1) is 5.10 Å². The Kier molecular flexibility index (Phi) is 6.78. The predicted octanol–water partition coefficient (Wildman–Crippen LogP) is 2.53. The summed E-state index contributed by atoms with van der Waals surface area (Å²) in [5.41, 5.74) is 1.22. The van der Waals surface area contributed by atoms with E-state index in [4.69, 9.17) is 17.0 Å². The summed E-state index contributed by atoms with van der Waals surface area (Å²) in [6.07, 6.45) is 1.55. The van der Waals surface area contributed by atoms with Crippen LogP contribution in [0.25, 0.3) is 5.69 Å². The fraction of sp³-hybridized carbons (Fsp3) is 0.273. The van der Waals surface area contributed by atoms with Crippen LogP contribution in [0.3, 0.4) is 0 Å². The molecule has 1 N–H and O–H groups in total. The molecule has 11 heteroatoms. The summed E-state index contributed by atoms with van der Waals surface area (Å²) in [4.78, 5) is 15.9. The predicted molar refractivity (Wildman–Crippen MR) is 122 cm³/mol. The minimum Gasteiger partial charge on any atom is -0.474 e. The Morgan fingerprint density at radius 3 is 2.42 bits per heavy atom. The van der Waals surface area contributed by atoms with Crippen molar-refractivity contribution >= 4 is 29.0 Å². The monoisotopic (exact) mass is 472 g/mol. The number of hydrogen-bond donors (Lipinski definition) is 1. The van der Waals surface area contributed by atoms with Gasteiger partial charge in [-0.2, -0.15) is 0 Å². The Bertz CT molecular complexity index is 1130. The number of carbonyl (C=O) groups is 1. The van der Waals surface area contributed by atoms with Crippen LogP contribution in [0.15, 0.2) is 48.7 Å². The van der Waals surface area contributed by atoms with Crippen molar-refractivity contribution in [2.45, 2.75) is 6.54 Å². The summed E-state index contributed by atoms with van der Waals surface area (Å²) >= 11 is 4.90. The first-order valence-electron chi connectivity index (χ1n) is 10.3. The number of ether oxygens (including phenoxy) is 1. The highest BCUT2D eigenvalue weighted by molar-refractivity contribution is 7.80. The van der Waals surface area contributed by atoms with Gasteiger partial charge in [0.15, 0.2) is 11.6 Å². The highest BCUT2D eigenvalue weighted by Gasteiger charge is 2.26. The third-order valence-electron chi connectivity index (χ3n) is 5.31. The number of amides is 1. The Hall–Kier alpha value is -3.60. The lowest BCUT2D eigenvalue weighted by atomic mass is 10.1. The quantitative estimate of drug-likeness (QED) is 0.572. The minimum atomic E-state index is -0.705. The molecule has 1 fully saturated rings. The van der Waals surface area contributed by atoms with E-state index in [0.717, 1.165) is 0 Å². The lowest BCUT2D eigenvalue weighted by Gasteiger charge is -2.36. The van der Waals surface area contributed by atoms with Crippen LogP contribution in [0, 0.1) is 11.6 Å². The van der Waals surface area contributed by atoms with Crippen molar-refractivity contribution in [3.63, 3.8) is 0 Å². The van der Waals surface area contributed by atoms with Gasteiger partial charge in [0.2, 0.25) is 0 Å². The van der Waals surface area contributed by atoms with E-state index < -0.39 is 11.6 Å². The van der Waals surface area contributed by atoms with Gasteiger partial charge in [0.05, 0.1) is 25.5 Å². The lowest BCUT2D eigenvalue weighted by molar-refractivity contribution is 0.0746. The molecule has 2 heterocycles. The standard InChI is InChI=1S/C22H22F2N6O2S/c1-32-22(33)25-13-16-14-30(27-26-16)17-11-18(23)20(19(24)12-17)28-7-9-29(10-8-28)21(31)15-5-3-2-4-6-15/h2-6,11-12,14H,7-10,13H2,1H3,(H,25,33). The van der Waals surface area contributed by atoms with E-state index in [1.807, 2.05) is 6.07 Å². The van der Waals surface area contributed by atoms with E-state index in [1.165, 1.54) is 23.9 Å². The van der Waals surface area contributed by atoms with E-state index >= 15 is 0 Å². The van der Waals surface area contributed by atoms with E-state index in [2.05, 4.69) is 15.6 Å². The number of nitrogens with zero attached hydrogens (tertiary/aromatic N) is 5. The third-order valence-corrected chi connectivity index (χ3v) is 5.62. The normalized spacial score (nSPS) is 13.7. The van der Waals surface area contributed by atoms with Crippen molar-refractivity contribution in [1.29, 1.82) is 0 Å². The maximum Gasteiger partial charge on any atom is 0.256 e. The number of piperazine rings is 1. The molecule has 1 aliphatic heterocycles. The summed E-state index contributed by atoms with van der Waals surface area (Å²) in [6.45, 7) is 1.66. The van der Waals surface area contributed by atoms with Crippen LogP contribution in [0.4, 0.5) is 14.5 Å². The second kappa shape index (κ2) is 9.90. The Balaban J connectivity index is 1.44. The molecule has 0 bridgehead atoms. The van der Waals surface area contributed by atoms with Crippen molar-refractivity contribution in [3.05, 3.63) is 71.6 Å². The Morgan fingerprint density at radius 2 is 1.79 bits per heavy atom. The largest absolute Gasteiger partial charge is 0.474 e. The average Bonchev–Trinajstić information content (AvgIpc) is 3.32. The van der Waals surface area contributed by atoms with Gasteiger partial charge in [-0.05, 0) is 24.4 Å². The molecule has 0 unspecified atom stereocenters. The fourth-order valence-corrected chi connectivity index (χ4v) is 3.70. The zero-order valence-electron chi connectivity index (χ0n) is 17.9. The molecule has 0 atom stereocenters. The molecular formula is C22H22F2N6O2S. The summed E-state index contributed by atoms with van der Waals surface area (Å²) in [6, 6.07) is 11.4. The summed E-state index contributed by atoms with van der Waals surface area (Å²) < 4.78 is 36.0. The van der Waals surface area contributed by atoms with Gasteiger partial charge >= 0.3 is 0 Å². The molecule has 0 saturated carbocycles. The maximum absolute atomic E-state index is 14.9. The second-order valence-corrected chi connectivity index (χ2v) is 7.77. The van der Waals surface area contributed by atoms with Crippen molar-refractivity contribution in [1.82, 2.24) is 25.2 Å². The minimum absolute atomic E-state index is 0.0886. The molecule has 33 heavy (non-hydrogen) atoms. The Labute approximate surface area is 194 Å². The molecule has 0 spiro atoms. The van der Waals surface area contributed by atoms with Crippen molar-refractivity contribution in [3.8, 4) is 5.69 Å². The van der Waals surface area contributed by atoms with Crippen LogP contribution < -0.4 is 10.2 Å². The SMILES string of the molecule is COC(=S)NCc1cn(-c2cc(F)c(N3CCN(C(=O)c4ccccc4)CC3)c(F)c2)nn1. The van der Waals surface area contributed by atoms with Gasteiger partial charge < -0.3 is 19.9 Å². The van der Waals surface area contributed by atoms with Crippen LogP contribution in [0.2, 0.25) is 0 Å². The van der Waals surface area contributed by atoms with Crippen molar-refractivity contribution in [2.24, 2.45) is 0 Å². The van der Waals surface area contributed by atoms with E-state index in [-0.39, 0.29) is 29.0 Å². The number of hydrogen-bond acceptors (Lipinski definition) is 6. The first-order chi connectivity index (χ1) is 16.0. The first kappa shape index (κ1) is 22.6. The number of thiocarbonyl (C=S) groups is 1. The van der Waals surface area contributed by atoms with Gasteiger partial charge in [0.1, 0.15) is 11.4 Å². The van der Waals surface area contributed by atoms with Gasteiger partial charge in [-0.1, -0.05) is 23.4 Å².